The van der Waals surface area contributed by atoms with Gasteiger partial charge in [-0.05, 0) is 17.7 Å². The Hall–Kier alpha value is -1.27. The molecule has 0 atom stereocenters. The number of hydrogen-bond acceptors (Lipinski definition) is 4. The quantitative estimate of drug-likeness (QED) is 0.894. The van der Waals surface area contributed by atoms with E-state index in [1.807, 2.05) is 13.8 Å². The lowest BCUT2D eigenvalue weighted by atomic mass is 9.81. The van der Waals surface area contributed by atoms with Crippen molar-refractivity contribution in [1.82, 2.24) is 0 Å². The Bertz CT molecular complexity index is 654. The number of aliphatic carboxylic acids is 1. The van der Waals surface area contributed by atoms with E-state index in [4.69, 9.17) is 21.4 Å². The summed E-state index contributed by atoms with van der Waals surface area (Å²) in [5.74, 6) is -0.437. The molecule has 0 unspecified atom stereocenters. The molecule has 5 nitrogen and oxygen atoms in total. The van der Waals surface area contributed by atoms with Crippen molar-refractivity contribution in [3.63, 3.8) is 0 Å². The predicted molar refractivity (Wildman–Crippen MR) is 79.8 cm³/mol. The summed E-state index contributed by atoms with van der Waals surface area (Å²) < 4.78 is 27.7. The molecule has 21 heavy (non-hydrogen) atoms. The molecule has 1 aromatic carbocycles. The maximum atomic E-state index is 11.1. The molecule has 1 heterocycles. The molecule has 0 bridgehead atoms. The number of carboxylic acid groups (broad SMARTS) is 1. The Balaban J connectivity index is 2.12. The van der Waals surface area contributed by atoms with Crippen molar-refractivity contribution in [3.8, 4) is 5.75 Å². The van der Waals surface area contributed by atoms with Crippen molar-refractivity contribution < 1.29 is 23.1 Å². The first-order chi connectivity index (χ1) is 9.59. The van der Waals surface area contributed by atoms with Gasteiger partial charge in [-0.3, -0.25) is 4.79 Å². The van der Waals surface area contributed by atoms with Crippen molar-refractivity contribution in [2.75, 3.05) is 11.5 Å². The summed E-state index contributed by atoms with van der Waals surface area (Å²) in [6, 6.07) is 5.09. The highest BCUT2D eigenvalue weighted by atomic mass is 35.5. The number of ether oxygens (including phenoxy) is 1. The Morgan fingerprint density at radius 3 is 2.52 bits per heavy atom. The minimum absolute atomic E-state index is 0.00951. The van der Waals surface area contributed by atoms with Crippen molar-refractivity contribution in [2.24, 2.45) is 0 Å². The molecule has 1 saturated heterocycles. The Morgan fingerprint density at radius 1 is 1.43 bits per heavy atom. The van der Waals surface area contributed by atoms with Gasteiger partial charge in [0.2, 0.25) is 0 Å². The second-order valence-corrected chi connectivity index (χ2v) is 8.48. The fourth-order valence-corrected chi connectivity index (χ4v) is 3.66. The molecule has 2 rings (SSSR count). The van der Waals surface area contributed by atoms with Gasteiger partial charge in [0.05, 0.1) is 22.9 Å². The highest BCUT2D eigenvalue weighted by Gasteiger charge is 2.35. The van der Waals surface area contributed by atoms with E-state index in [0.29, 0.717) is 10.8 Å². The van der Waals surface area contributed by atoms with E-state index in [0.717, 1.165) is 5.56 Å². The SMILES string of the molecule is CC(C)(CC(=O)O)c1ccc(OC2CS(=O)(=O)C2)c(Cl)c1. The van der Waals surface area contributed by atoms with E-state index in [-0.39, 0.29) is 24.0 Å². The standard InChI is InChI=1S/C14H17ClO5S/c1-14(2,6-13(16)17)9-3-4-12(11(15)5-9)20-10-7-21(18,19)8-10/h3-5,10H,6-8H2,1-2H3,(H,16,17). The van der Waals surface area contributed by atoms with Crippen molar-refractivity contribution in [3.05, 3.63) is 28.8 Å². The Labute approximate surface area is 128 Å². The highest BCUT2D eigenvalue weighted by Crippen LogP contribution is 2.34. The largest absolute Gasteiger partial charge is 0.487 e. The van der Waals surface area contributed by atoms with Crippen LogP contribution in [-0.4, -0.2) is 37.1 Å². The molecule has 0 spiro atoms. The van der Waals surface area contributed by atoms with Crippen molar-refractivity contribution in [2.45, 2.75) is 31.8 Å². The molecule has 0 saturated carbocycles. The predicted octanol–water partition coefficient (Wildman–Crippen LogP) is 2.27. The molecule has 1 aliphatic heterocycles. The van der Waals surface area contributed by atoms with E-state index in [1.165, 1.54) is 0 Å². The molecule has 7 heteroatoms. The summed E-state index contributed by atoms with van der Waals surface area (Å²) >= 11 is 6.15. The van der Waals surface area contributed by atoms with Gasteiger partial charge in [0.15, 0.2) is 9.84 Å². The number of carbonyl (C=O) groups is 1. The lowest BCUT2D eigenvalue weighted by molar-refractivity contribution is -0.138. The number of carboxylic acids is 1. The third kappa shape index (κ3) is 3.89. The van der Waals surface area contributed by atoms with Gasteiger partial charge in [0, 0.05) is 5.41 Å². The van der Waals surface area contributed by atoms with Crippen LogP contribution >= 0.6 is 11.6 Å². The number of rotatable bonds is 5. The Kier molecular flexibility index (Phi) is 4.22. The lowest BCUT2D eigenvalue weighted by Crippen LogP contribution is -2.45. The molecule has 1 fully saturated rings. The number of sulfone groups is 1. The van der Waals surface area contributed by atoms with Crippen LogP contribution in [0.3, 0.4) is 0 Å². The first-order valence-corrected chi connectivity index (χ1v) is 8.68. The minimum atomic E-state index is -2.94. The van der Waals surface area contributed by atoms with Crippen LogP contribution in [0.25, 0.3) is 0 Å². The van der Waals surface area contributed by atoms with Crippen molar-refractivity contribution >= 4 is 27.4 Å². The Morgan fingerprint density at radius 2 is 2.05 bits per heavy atom. The first kappa shape index (κ1) is 16.1. The summed E-state index contributed by atoms with van der Waals surface area (Å²) in [7, 11) is -2.94. The normalized spacial score (nSPS) is 18.0. The highest BCUT2D eigenvalue weighted by molar-refractivity contribution is 7.92. The smallest absolute Gasteiger partial charge is 0.304 e. The van der Waals surface area contributed by atoms with Gasteiger partial charge < -0.3 is 9.84 Å². The molecular formula is C14H17ClO5S. The molecule has 0 aromatic heterocycles. The van der Waals surface area contributed by atoms with E-state index in [9.17, 15) is 13.2 Å². The van der Waals surface area contributed by atoms with Crippen LogP contribution in [0.4, 0.5) is 0 Å². The average molecular weight is 333 g/mol. The molecule has 1 aliphatic rings. The van der Waals surface area contributed by atoms with Gasteiger partial charge in [-0.2, -0.15) is 0 Å². The zero-order valence-electron chi connectivity index (χ0n) is 11.8. The van der Waals surface area contributed by atoms with E-state index in [2.05, 4.69) is 0 Å². The zero-order valence-corrected chi connectivity index (χ0v) is 13.4. The van der Waals surface area contributed by atoms with Gasteiger partial charge in [-0.1, -0.05) is 31.5 Å². The zero-order chi connectivity index (χ0) is 15.8. The lowest BCUT2D eigenvalue weighted by Gasteiger charge is -2.28. The number of benzene rings is 1. The third-order valence-electron chi connectivity index (χ3n) is 3.48. The summed E-state index contributed by atoms with van der Waals surface area (Å²) in [5.41, 5.74) is 0.247. The maximum absolute atomic E-state index is 11.1. The molecule has 1 N–H and O–H groups in total. The minimum Gasteiger partial charge on any atom is -0.487 e. The van der Waals surface area contributed by atoms with Crippen LogP contribution in [0.5, 0.6) is 5.75 Å². The van der Waals surface area contributed by atoms with E-state index < -0.39 is 21.2 Å². The summed E-state index contributed by atoms with van der Waals surface area (Å²) in [4.78, 5) is 10.9. The van der Waals surface area contributed by atoms with Gasteiger partial charge in [0.1, 0.15) is 11.9 Å². The summed E-state index contributed by atoms with van der Waals surface area (Å²) in [6.45, 7) is 3.65. The summed E-state index contributed by atoms with van der Waals surface area (Å²) in [5, 5.41) is 9.28. The number of halogens is 1. The molecular weight excluding hydrogens is 316 g/mol. The molecule has 0 radical (unpaired) electrons. The van der Waals surface area contributed by atoms with E-state index in [1.54, 1.807) is 18.2 Å². The fourth-order valence-electron chi connectivity index (χ4n) is 2.26. The maximum Gasteiger partial charge on any atom is 0.304 e. The van der Waals surface area contributed by atoms with Gasteiger partial charge in [-0.25, -0.2) is 8.42 Å². The van der Waals surface area contributed by atoms with Crippen LogP contribution in [0.1, 0.15) is 25.8 Å². The van der Waals surface area contributed by atoms with Gasteiger partial charge in [-0.15, -0.1) is 0 Å². The van der Waals surface area contributed by atoms with Crippen LogP contribution in [0, 0.1) is 0 Å². The molecule has 116 valence electrons. The van der Waals surface area contributed by atoms with Gasteiger partial charge in [0.25, 0.3) is 0 Å². The second kappa shape index (κ2) is 5.50. The topological polar surface area (TPSA) is 80.7 Å². The third-order valence-corrected chi connectivity index (χ3v) is 5.53. The summed E-state index contributed by atoms with van der Waals surface area (Å²) in [6.07, 6.45) is -0.366. The second-order valence-electron chi connectivity index (χ2n) is 5.92. The monoisotopic (exact) mass is 332 g/mol. The fraction of sp³-hybridized carbons (Fsp3) is 0.500. The van der Waals surface area contributed by atoms with Gasteiger partial charge >= 0.3 is 5.97 Å². The van der Waals surface area contributed by atoms with Crippen LogP contribution in [0.2, 0.25) is 5.02 Å². The van der Waals surface area contributed by atoms with Crippen LogP contribution < -0.4 is 4.74 Å². The van der Waals surface area contributed by atoms with E-state index >= 15 is 0 Å². The molecule has 0 amide bonds. The molecule has 1 aromatic rings. The first-order valence-electron chi connectivity index (χ1n) is 6.48. The average Bonchev–Trinajstić information content (AvgIpc) is 2.27. The van der Waals surface area contributed by atoms with Crippen molar-refractivity contribution in [1.29, 1.82) is 0 Å². The molecule has 0 aliphatic carbocycles. The van der Waals surface area contributed by atoms with Crippen LogP contribution in [-0.2, 0) is 20.0 Å². The number of hydrogen-bond donors (Lipinski definition) is 1. The van der Waals surface area contributed by atoms with Crippen LogP contribution in [0.15, 0.2) is 18.2 Å².